The maximum Gasteiger partial charge on any atom is 0.160 e. The lowest BCUT2D eigenvalue weighted by molar-refractivity contribution is 0.101. The van der Waals surface area contributed by atoms with Gasteiger partial charge >= 0.3 is 0 Å². The topological polar surface area (TPSA) is 17.1 Å². The van der Waals surface area contributed by atoms with Crippen LogP contribution in [0.15, 0.2) is 18.2 Å². The molecule has 0 aliphatic heterocycles. The SMILES string of the molecule is CC(=O)c1cc(C(C)(C)C)ccc1C(C)(C)C. The predicted octanol–water partition coefficient (Wildman–Crippen LogP) is 4.48. The highest BCUT2D eigenvalue weighted by atomic mass is 16.1. The van der Waals surface area contributed by atoms with Gasteiger partial charge in [-0.25, -0.2) is 0 Å². The quantitative estimate of drug-likeness (QED) is 0.652. The Bertz CT molecular complexity index is 428. The Hall–Kier alpha value is -1.11. The van der Waals surface area contributed by atoms with Gasteiger partial charge in [-0.3, -0.25) is 4.79 Å². The second-order valence-electron chi connectivity index (χ2n) is 6.82. The van der Waals surface area contributed by atoms with E-state index in [-0.39, 0.29) is 16.6 Å². The van der Waals surface area contributed by atoms with Gasteiger partial charge in [-0.2, -0.15) is 0 Å². The molecule has 0 heterocycles. The van der Waals surface area contributed by atoms with E-state index >= 15 is 0 Å². The second kappa shape index (κ2) is 4.29. The summed E-state index contributed by atoms with van der Waals surface area (Å²) >= 11 is 0. The van der Waals surface area contributed by atoms with Crippen molar-refractivity contribution in [3.05, 3.63) is 34.9 Å². The summed E-state index contributed by atoms with van der Waals surface area (Å²) in [6, 6.07) is 6.31. The molecule has 1 nitrogen and oxygen atoms in total. The van der Waals surface area contributed by atoms with Crippen molar-refractivity contribution in [2.75, 3.05) is 0 Å². The molecule has 0 spiro atoms. The van der Waals surface area contributed by atoms with Crippen LogP contribution in [0.1, 0.15) is 70.0 Å². The molecule has 0 radical (unpaired) electrons. The second-order valence-corrected chi connectivity index (χ2v) is 6.82. The van der Waals surface area contributed by atoms with Crippen LogP contribution < -0.4 is 0 Å². The van der Waals surface area contributed by atoms with Crippen LogP contribution in [-0.2, 0) is 10.8 Å². The van der Waals surface area contributed by atoms with Crippen molar-refractivity contribution >= 4 is 5.78 Å². The summed E-state index contributed by atoms with van der Waals surface area (Å²) in [7, 11) is 0. The van der Waals surface area contributed by atoms with Gasteiger partial charge in [0, 0.05) is 5.56 Å². The zero-order valence-electron chi connectivity index (χ0n) is 12.1. The van der Waals surface area contributed by atoms with Gasteiger partial charge in [0.25, 0.3) is 0 Å². The van der Waals surface area contributed by atoms with Crippen molar-refractivity contribution in [3.63, 3.8) is 0 Å². The average molecular weight is 232 g/mol. The summed E-state index contributed by atoms with van der Waals surface area (Å²) in [5.41, 5.74) is 3.32. The van der Waals surface area contributed by atoms with E-state index in [2.05, 4.69) is 59.7 Å². The monoisotopic (exact) mass is 232 g/mol. The van der Waals surface area contributed by atoms with Gasteiger partial charge < -0.3 is 0 Å². The number of carbonyl (C=O) groups excluding carboxylic acids is 1. The molecule has 0 unspecified atom stereocenters. The third-order valence-electron chi connectivity index (χ3n) is 3.07. The molecule has 0 fully saturated rings. The molecular formula is C16H24O. The molecular weight excluding hydrogens is 208 g/mol. The normalized spacial score (nSPS) is 12.6. The molecule has 0 N–H and O–H groups in total. The molecule has 1 heteroatoms. The van der Waals surface area contributed by atoms with Crippen LogP contribution in [0, 0.1) is 0 Å². The van der Waals surface area contributed by atoms with Gasteiger partial charge in [0.15, 0.2) is 5.78 Å². The first-order valence-corrected chi connectivity index (χ1v) is 6.19. The Balaban J connectivity index is 3.43. The van der Waals surface area contributed by atoms with Gasteiger partial charge in [-0.1, -0.05) is 53.7 Å². The highest BCUT2D eigenvalue weighted by molar-refractivity contribution is 5.96. The Labute approximate surface area is 105 Å². The zero-order valence-corrected chi connectivity index (χ0v) is 12.1. The van der Waals surface area contributed by atoms with Crippen LogP contribution in [0.2, 0.25) is 0 Å². The van der Waals surface area contributed by atoms with Crippen LogP contribution in [0.4, 0.5) is 0 Å². The highest BCUT2D eigenvalue weighted by Gasteiger charge is 2.22. The van der Waals surface area contributed by atoms with Crippen LogP contribution in [0.25, 0.3) is 0 Å². The predicted molar refractivity (Wildman–Crippen MR) is 73.8 cm³/mol. The third-order valence-corrected chi connectivity index (χ3v) is 3.07. The third kappa shape index (κ3) is 3.18. The number of hydrogen-bond acceptors (Lipinski definition) is 1. The van der Waals surface area contributed by atoms with E-state index in [4.69, 9.17) is 0 Å². The van der Waals surface area contributed by atoms with Gasteiger partial charge in [-0.05, 0) is 34.9 Å². The largest absolute Gasteiger partial charge is 0.295 e. The van der Waals surface area contributed by atoms with Gasteiger partial charge in [-0.15, -0.1) is 0 Å². The van der Waals surface area contributed by atoms with E-state index in [9.17, 15) is 4.79 Å². The van der Waals surface area contributed by atoms with E-state index in [1.807, 2.05) is 0 Å². The number of benzene rings is 1. The van der Waals surface area contributed by atoms with Crippen molar-refractivity contribution in [1.29, 1.82) is 0 Å². The first kappa shape index (κ1) is 14.0. The molecule has 0 bridgehead atoms. The fraction of sp³-hybridized carbons (Fsp3) is 0.562. The first-order valence-electron chi connectivity index (χ1n) is 6.19. The lowest BCUT2D eigenvalue weighted by atomic mass is 9.78. The minimum Gasteiger partial charge on any atom is -0.295 e. The van der Waals surface area contributed by atoms with Crippen LogP contribution in [-0.4, -0.2) is 5.78 Å². The minimum atomic E-state index is 0.0113. The van der Waals surface area contributed by atoms with Gasteiger partial charge in [0.05, 0.1) is 0 Å². The summed E-state index contributed by atoms with van der Waals surface area (Å²) in [5.74, 6) is 0.154. The maximum atomic E-state index is 11.8. The summed E-state index contributed by atoms with van der Waals surface area (Å²) in [4.78, 5) is 11.8. The Morgan fingerprint density at radius 1 is 0.941 bits per heavy atom. The van der Waals surface area contributed by atoms with Crippen LogP contribution >= 0.6 is 0 Å². The molecule has 0 saturated heterocycles. The maximum absolute atomic E-state index is 11.8. The van der Waals surface area contributed by atoms with Crippen LogP contribution in [0.3, 0.4) is 0 Å². The average Bonchev–Trinajstić information content (AvgIpc) is 2.14. The van der Waals surface area contributed by atoms with Gasteiger partial charge in [0.2, 0.25) is 0 Å². The molecule has 1 aromatic rings. The number of ketones is 1. The Morgan fingerprint density at radius 2 is 1.47 bits per heavy atom. The fourth-order valence-electron chi connectivity index (χ4n) is 1.96. The van der Waals surface area contributed by atoms with E-state index in [0.29, 0.717) is 0 Å². The fourth-order valence-corrected chi connectivity index (χ4v) is 1.96. The highest BCUT2D eigenvalue weighted by Crippen LogP contribution is 2.30. The Morgan fingerprint density at radius 3 is 1.82 bits per heavy atom. The minimum absolute atomic E-state index is 0.0113. The zero-order chi connectivity index (χ0) is 13.4. The van der Waals surface area contributed by atoms with Crippen LogP contribution in [0.5, 0.6) is 0 Å². The lowest BCUT2D eigenvalue weighted by Gasteiger charge is -2.26. The van der Waals surface area contributed by atoms with Crippen molar-refractivity contribution in [1.82, 2.24) is 0 Å². The molecule has 0 amide bonds. The number of Topliss-reactive ketones (excluding diaryl/α,β-unsaturated/α-hetero) is 1. The van der Waals surface area contributed by atoms with E-state index in [1.165, 1.54) is 5.56 Å². The molecule has 17 heavy (non-hydrogen) atoms. The van der Waals surface area contributed by atoms with E-state index in [1.54, 1.807) is 6.92 Å². The Kier molecular flexibility index (Phi) is 3.52. The molecule has 0 saturated carbocycles. The standard InChI is InChI=1S/C16H24O/c1-11(17)13-10-12(15(2,3)4)8-9-14(13)16(5,6)7/h8-10H,1-7H3. The number of carbonyl (C=O) groups is 1. The molecule has 0 atom stereocenters. The summed E-state index contributed by atoms with van der Waals surface area (Å²) in [6.45, 7) is 14.6. The summed E-state index contributed by atoms with van der Waals surface area (Å²) in [6.07, 6.45) is 0. The molecule has 0 aliphatic carbocycles. The lowest BCUT2D eigenvalue weighted by Crippen LogP contribution is -2.19. The van der Waals surface area contributed by atoms with Crippen molar-refractivity contribution < 1.29 is 4.79 Å². The van der Waals surface area contributed by atoms with Gasteiger partial charge in [0.1, 0.15) is 0 Å². The molecule has 0 aliphatic rings. The van der Waals surface area contributed by atoms with E-state index in [0.717, 1.165) is 11.1 Å². The van der Waals surface area contributed by atoms with Crippen molar-refractivity contribution in [2.24, 2.45) is 0 Å². The van der Waals surface area contributed by atoms with Crippen molar-refractivity contribution in [2.45, 2.75) is 59.3 Å². The summed E-state index contributed by atoms with van der Waals surface area (Å²) < 4.78 is 0. The van der Waals surface area contributed by atoms with Crippen molar-refractivity contribution in [3.8, 4) is 0 Å². The molecule has 94 valence electrons. The smallest absolute Gasteiger partial charge is 0.160 e. The molecule has 0 aromatic heterocycles. The molecule has 1 rings (SSSR count). The number of hydrogen-bond donors (Lipinski definition) is 0. The van der Waals surface area contributed by atoms with E-state index < -0.39 is 0 Å². The number of rotatable bonds is 1. The summed E-state index contributed by atoms with van der Waals surface area (Å²) in [5, 5.41) is 0. The molecule has 1 aromatic carbocycles. The first-order chi connectivity index (χ1) is 7.53.